The molecule has 0 radical (unpaired) electrons. The van der Waals surface area contributed by atoms with E-state index in [0.717, 1.165) is 0 Å². The van der Waals surface area contributed by atoms with Crippen LogP contribution in [0.2, 0.25) is 0 Å². The van der Waals surface area contributed by atoms with Crippen LogP contribution in [0, 0.1) is 11.3 Å². The molecule has 0 fully saturated rings. The van der Waals surface area contributed by atoms with Crippen LogP contribution in [0.1, 0.15) is 13.8 Å². The highest BCUT2D eigenvalue weighted by Crippen LogP contribution is 2.22. The zero-order valence-electron chi connectivity index (χ0n) is 5.81. The van der Waals surface area contributed by atoms with Crippen molar-refractivity contribution >= 4 is 15.9 Å². The van der Waals surface area contributed by atoms with E-state index in [4.69, 9.17) is 10.00 Å². The summed E-state index contributed by atoms with van der Waals surface area (Å²) in [6.07, 6.45) is -0.0810. The van der Waals surface area contributed by atoms with Crippen molar-refractivity contribution in [3.63, 3.8) is 0 Å². The van der Waals surface area contributed by atoms with E-state index in [9.17, 15) is 0 Å². The molecule has 0 amide bonds. The molecule has 3 heteroatoms. The van der Waals surface area contributed by atoms with Crippen molar-refractivity contribution in [1.29, 1.82) is 5.26 Å². The van der Waals surface area contributed by atoms with Crippen LogP contribution in [0.3, 0.4) is 0 Å². The smallest absolute Gasteiger partial charge is 0.135 e. The van der Waals surface area contributed by atoms with Crippen molar-refractivity contribution in [2.75, 3.05) is 7.11 Å². The van der Waals surface area contributed by atoms with Crippen molar-refractivity contribution < 1.29 is 4.74 Å². The summed E-state index contributed by atoms with van der Waals surface area (Å²) in [6.45, 7) is 3.62. The summed E-state index contributed by atoms with van der Waals surface area (Å²) in [5.41, 5.74) is 0. The van der Waals surface area contributed by atoms with Crippen LogP contribution in [0.25, 0.3) is 0 Å². The van der Waals surface area contributed by atoms with Gasteiger partial charge in [0.1, 0.15) is 4.32 Å². The van der Waals surface area contributed by atoms with Crippen molar-refractivity contribution in [2.24, 2.45) is 0 Å². The van der Waals surface area contributed by atoms with Gasteiger partial charge < -0.3 is 4.74 Å². The molecule has 0 aliphatic rings. The molecule has 0 aromatic rings. The summed E-state index contributed by atoms with van der Waals surface area (Å²) < 4.78 is 4.38. The van der Waals surface area contributed by atoms with Gasteiger partial charge in [0, 0.05) is 7.11 Å². The monoisotopic (exact) mass is 191 g/mol. The third-order valence-electron chi connectivity index (χ3n) is 1.34. The molecule has 0 spiro atoms. The molecule has 0 aliphatic carbocycles. The number of nitriles is 1. The normalized spacial score (nSPS) is 19.9. The predicted octanol–water partition coefficient (Wildman–Crippen LogP) is 1.70. The fourth-order valence-corrected chi connectivity index (χ4v) is 0.499. The Hall–Kier alpha value is -0.0700. The molecule has 2 nitrogen and oxygen atoms in total. The molecule has 0 heterocycles. The first-order valence-corrected chi connectivity index (χ1v) is 3.47. The molecule has 0 aromatic heterocycles. The number of rotatable bonds is 2. The number of halogens is 1. The van der Waals surface area contributed by atoms with E-state index in [2.05, 4.69) is 22.0 Å². The maximum Gasteiger partial charge on any atom is 0.135 e. The Morgan fingerprint density at radius 2 is 2.22 bits per heavy atom. The molecule has 2 unspecified atom stereocenters. The second-order valence-corrected chi connectivity index (χ2v) is 3.71. The average Bonchev–Trinajstić information content (AvgIpc) is 1.86. The summed E-state index contributed by atoms with van der Waals surface area (Å²) in [5, 5.41) is 8.52. The molecule has 0 bridgehead atoms. The molecule has 0 rings (SSSR count). The Kier molecular flexibility index (Phi) is 3.16. The second-order valence-electron chi connectivity index (χ2n) is 2.07. The summed E-state index contributed by atoms with van der Waals surface area (Å²) in [7, 11) is 1.58. The fraction of sp³-hybridized carbons (Fsp3) is 0.833. The average molecular weight is 192 g/mol. The van der Waals surface area contributed by atoms with Crippen LogP contribution >= 0.6 is 15.9 Å². The molecule has 9 heavy (non-hydrogen) atoms. The van der Waals surface area contributed by atoms with E-state index in [1.54, 1.807) is 14.0 Å². The van der Waals surface area contributed by atoms with Gasteiger partial charge in [-0.15, -0.1) is 0 Å². The van der Waals surface area contributed by atoms with E-state index in [0.29, 0.717) is 0 Å². The summed E-state index contributed by atoms with van der Waals surface area (Å²) in [5.74, 6) is 0. The van der Waals surface area contributed by atoms with Crippen LogP contribution in [0.15, 0.2) is 0 Å². The van der Waals surface area contributed by atoms with Crippen molar-refractivity contribution in [2.45, 2.75) is 24.3 Å². The first kappa shape index (κ1) is 8.93. The molecule has 0 saturated heterocycles. The van der Waals surface area contributed by atoms with Crippen LogP contribution in [0.4, 0.5) is 0 Å². The minimum atomic E-state index is -0.554. The SMILES string of the molecule is COC(C)C(C)(Br)C#N. The van der Waals surface area contributed by atoms with E-state index >= 15 is 0 Å². The largest absolute Gasteiger partial charge is 0.379 e. The van der Waals surface area contributed by atoms with Crippen LogP contribution in [-0.2, 0) is 4.74 Å². The van der Waals surface area contributed by atoms with Crippen LogP contribution in [0.5, 0.6) is 0 Å². The first-order chi connectivity index (χ1) is 4.04. The maximum atomic E-state index is 8.52. The summed E-state index contributed by atoms with van der Waals surface area (Å²) in [6, 6.07) is 2.08. The Bertz CT molecular complexity index is 128. The van der Waals surface area contributed by atoms with E-state index < -0.39 is 4.32 Å². The Labute approximate surface area is 63.9 Å². The fourth-order valence-electron chi connectivity index (χ4n) is 0.312. The standard InChI is InChI=1S/C6H10BrNO/c1-5(9-3)6(2,7)4-8/h5H,1-3H3. The van der Waals surface area contributed by atoms with Gasteiger partial charge in [0.2, 0.25) is 0 Å². The van der Waals surface area contributed by atoms with Gasteiger partial charge in [-0.1, -0.05) is 15.9 Å². The van der Waals surface area contributed by atoms with Crippen LogP contribution in [-0.4, -0.2) is 17.5 Å². The molecule has 0 N–H and O–H groups in total. The molecule has 0 saturated carbocycles. The molecule has 0 aromatic carbocycles. The topological polar surface area (TPSA) is 33.0 Å². The minimum Gasteiger partial charge on any atom is -0.379 e. The highest BCUT2D eigenvalue weighted by Gasteiger charge is 2.27. The third kappa shape index (κ3) is 2.33. The zero-order valence-corrected chi connectivity index (χ0v) is 7.40. The van der Waals surface area contributed by atoms with Crippen LogP contribution < -0.4 is 0 Å². The highest BCUT2D eigenvalue weighted by molar-refractivity contribution is 9.10. The number of hydrogen-bond acceptors (Lipinski definition) is 2. The number of methoxy groups -OCH3 is 1. The first-order valence-electron chi connectivity index (χ1n) is 2.67. The van der Waals surface area contributed by atoms with Gasteiger partial charge in [-0.3, -0.25) is 0 Å². The van der Waals surface area contributed by atoms with Gasteiger partial charge in [0.25, 0.3) is 0 Å². The number of nitrogens with zero attached hydrogens (tertiary/aromatic N) is 1. The van der Waals surface area contributed by atoms with E-state index in [-0.39, 0.29) is 6.10 Å². The van der Waals surface area contributed by atoms with E-state index in [1.807, 2.05) is 6.92 Å². The summed E-state index contributed by atoms with van der Waals surface area (Å²) in [4.78, 5) is 0. The number of alkyl halides is 1. The predicted molar refractivity (Wildman–Crippen MR) is 39.4 cm³/mol. The lowest BCUT2D eigenvalue weighted by molar-refractivity contribution is 0.105. The Morgan fingerprint density at radius 1 is 1.78 bits per heavy atom. The molecular formula is C6H10BrNO. The lowest BCUT2D eigenvalue weighted by Crippen LogP contribution is -2.30. The van der Waals surface area contributed by atoms with Crippen molar-refractivity contribution in [1.82, 2.24) is 0 Å². The van der Waals surface area contributed by atoms with Gasteiger partial charge in [-0.25, -0.2) is 0 Å². The van der Waals surface area contributed by atoms with Gasteiger partial charge in [0.05, 0.1) is 12.2 Å². The highest BCUT2D eigenvalue weighted by atomic mass is 79.9. The van der Waals surface area contributed by atoms with Crippen molar-refractivity contribution in [3.8, 4) is 6.07 Å². The van der Waals surface area contributed by atoms with Crippen molar-refractivity contribution in [3.05, 3.63) is 0 Å². The molecular weight excluding hydrogens is 182 g/mol. The second kappa shape index (κ2) is 3.19. The van der Waals surface area contributed by atoms with Gasteiger partial charge in [-0.2, -0.15) is 5.26 Å². The van der Waals surface area contributed by atoms with Gasteiger partial charge in [-0.05, 0) is 13.8 Å². The minimum absolute atomic E-state index is 0.0810. The lowest BCUT2D eigenvalue weighted by Gasteiger charge is -2.19. The third-order valence-corrected chi connectivity index (χ3v) is 2.16. The Morgan fingerprint density at radius 3 is 2.33 bits per heavy atom. The van der Waals surface area contributed by atoms with Gasteiger partial charge in [0.15, 0.2) is 0 Å². The lowest BCUT2D eigenvalue weighted by atomic mass is 10.1. The molecule has 2 atom stereocenters. The molecule has 52 valence electrons. The maximum absolute atomic E-state index is 8.52. The molecule has 0 aliphatic heterocycles. The number of hydrogen-bond donors (Lipinski definition) is 0. The zero-order chi connectivity index (χ0) is 7.49. The Balaban J connectivity index is 4.01. The van der Waals surface area contributed by atoms with Gasteiger partial charge >= 0.3 is 0 Å². The van der Waals surface area contributed by atoms with E-state index in [1.165, 1.54) is 0 Å². The number of ether oxygens (including phenoxy) is 1. The summed E-state index contributed by atoms with van der Waals surface area (Å²) >= 11 is 3.22. The quantitative estimate of drug-likeness (QED) is 0.623.